The minimum atomic E-state index is -3.74. The van der Waals surface area contributed by atoms with Crippen LogP contribution in [-0.2, 0) is 19.6 Å². The van der Waals surface area contributed by atoms with Crippen molar-refractivity contribution < 1.29 is 23.1 Å². The monoisotopic (exact) mass is 332 g/mol. The van der Waals surface area contributed by atoms with Crippen LogP contribution >= 0.6 is 11.3 Å². The molecule has 9 heteroatoms. The quantitative estimate of drug-likeness (QED) is 0.572. The van der Waals surface area contributed by atoms with Crippen molar-refractivity contribution in [1.29, 1.82) is 0 Å². The van der Waals surface area contributed by atoms with E-state index in [1.165, 1.54) is 6.07 Å². The molecule has 1 atom stereocenters. The molecule has 7 nitrogen and oxygen atoms in total. The Morgan fingerprint density at radius 1 is 1.48 bits per heavy atom. The summed E-state index contributed by atoms with van der Waals surface area (Å²) in [6.45, 7) is 2.96. The van der Waals surface area contributed by atoms with E-state index in [1.54, 1.807) is 17.5 Å². The van der Waals surface area contributed by atoms with Gasteiger partial charge in [0.1, 0.15) is 10.3 Å². The zero-order valence-corrected chi connectivity index (χ0v) is 12.7. The first-order valence-corrected chi connectivity index (χ1v) is 8.39. The number of aliphatic carboxylic acids is 1. The number of carboxylic acid groups (broad SMARTS) is 1. The van der Waals surface area contributed by atoms with Crippen molar-refractivity contribution in [1.82, 2.24) is 10.0 Å². The Balaban J connectivity index is 2.53. The topological polar surface area (TPSA) is 113 Å². The predicted molar refractivity (Wildman–Crippen MR) is 78.5 cm³/mol. The zero-order valence-electron chi connectivity index (χ0n) is 11.1. The fourth-order valence-corrected chi connectivity index (χ4v) is 3.45. The fourth-order valence-electron chi connectivity index (χ4n) is 1.44. The van der Waals surface area contributed by atoms with Crippen LogP contribution in [0.1, 0.15) is 12.8 Å². The van der Waals surface area contributed by atoms with Crippen molar-refractivity contribution in [2.75, 3.05) is 6.54 Å². The maximum atomic E-state index is 11.8. The van der Waals surface area contributed by atoms with E-state index < -0.39 is 34.5 Å². The van der Waals surface area contributed by atoms with E-state index in [9.17, 15) is 18.0 Å². The third kappa shape index (κ3) is 5.66. The van der Waals surface area contributed by atoms with Crippen LogP contribution in [0.2, 0.25) is 0 Å². The highest BCUT2D eigenvalue weighted by Gasteiger charge is 2.21. The molecular formula is C12H16N2O5S2. The summed E-state index contributed by atoms with van der Waals surface area (Å²) in [4.78, 5) is 22.6. The van der Waals surface area contributed by atoms with Gasteiger partial charge in [0.25, 0.3) is 10.0 Å². The van der Waals surface area contributed by atoms with Gasteiger partial charge in [0, 0.05) is 0 Å². The Hall–Kier alpha value is -1.71. The molecule has 0 bridgehead atoms. The molecule has 1 aromatic heterocycles. The van der Waals surface area contributed by atoms with Gasteiger partial charge in [0.05, 0.1) is 6.54 Å². The first-order valence-electron chi connectivity index (χ1n) is 6.03. The Bertz CT molecular complexity index is 595. The molecule has 0 aromatic carbocycles. The number of allylic oxidation sites excluding steroid dienone is 1. The van der Waals surface area contributed by atoms with Crippen LogP contribution in [0.4, 0.5) is 0 Å². The van der Waals surface area contributed by atoms with E-state index in [0.717, 1.165) is 11.3 Å². The van der Waals surface area contributed by atoms with Crippen LogP contribution < -0.4 is 10.0 Å². The molecule has 3 N–H and O–H groups in total. The predicted octanol–water partition coefficient (Wildman–Crippen LogP) is 0.562. The number of hydrogen-bond acceptors (Lipinski definition) is 5. The van der Waals surface area contributed by atoms with Crippen molar-refractivity contribution in [2.45, 2.75) is 23.1 Å². The Morgan fingerprint density at radius 3 is 2.71 bits per heavy atom. The molecular weight excluding hydrogens is 316 g/mol. The first-order chi connectivity index (χ1) is 9.86. The van der Waals surface area contributed by atoms with Crippen molar-refractivity contribution in [3.63, 3.8) is 0 Å². The number of hydrogen-bond donors (Lipinski definition) is 3. The second kappa shape index (κ2) is 7.91. The molecule has 0 aliphatic heterocycles. The third-order valence-electron chi connectivity index (χ3n) is 2.48. The van der Waals surface area contributed by atoms with Gasteiger partial charge in [-0.25, -0.2) is 17.9 Å². The minimum absolute atomic E-state index is 0.0942. The molecule has 1 unspecified atom stereocenters. The zero-order chi connectivity index (χ0) is 15.9. The molecule has 1 rings (SSSR count). The smallest absolute Gasteiger partial charge is 0.326 e. The van der Waals surface area contributed by atoms with Crippen LogP contribution in [0.5, 0.6) is 0 Å². The van der Waals surface area contributed by atoms with E-state index in [4.69, 9.17) is 5.11 Å². The van der Waals surface area contributed by atoms with Crippen molar-refractivity contribution in [3.8, 4) is 0 Å². The lowest BCUT2D eigenvalue weighted by atomic mass is 10.1. The van der Waals surface area contributed by atoms with Gasteiger partial charge in [0.15, 0.2) is 0 Å². The molecule has 0 radical (unpaired) electrons. The molecule has 1 aromatic rings. The lowest BCUT2D eigenvalue weighted by Gasteiger charge is -2.13. The number of carbonyl (C=O) groups excluding carboxylic acids is 1. The first kappa shape index (κ1) is 17.3. The molecule has 116 valence electrons. The van der Waals surface area contributed by atoms with Gasteiger partial charge in [-0.1, -0.05) is 12.1 Å². The summed E-state index contributed by atoms with van der Waals surface area (Å²) in [6, 6.07) is 1.92. The summed E-state index contributed by atoms with van der Waals surface area (Å²) in [5.41, 5.74) is 0. The molecule has 1 amide bonds. The summed E-state index contributed by atoms with van der Waals surface area (Å²) in [5, 5.41) is 12.8. The number of nitrogens with one attached hydrogen (secondary N) is 2. The van der Waals surface area contributed by atoms with Crippen molar-refractivity contribution >= 4 is 33.2 Å². The lowest BCUT2D eigenvalue weighted by molar-refractivity contribution is -0.141. The van der Waals surface area contributed by atoms with E-state index in [2.05, 4.69) is 16.6 Å². The summed E-state index contributed by atoms with van der Waals surface area (Å²) >= 11 is 1.02. The number of rotatable bonds is 9. The second-order valence-corrected chi connectivity index (χ2v) is 7.02. The number of carbonyl (C=O) groups is 2. The summed E-state index contributed by atoms with van der Waals surface area (Å²) < 4.78 is 25.8. The van der Waals surface area contributed by atoms with E-state index >= 15 is 0 Å². The van der Waals surface area contributed by atoms with E-state index in [0.29, 0.717) is 6.42 Å². The van der Waals surface area contributed by atoms with Gasteiger partial charge in [-0.15, -0.1) is 17.9 Å². The van der Waals surface area contributed by atoms with Crippen LogP contribution in [0.15, 0.2) is 34.4 Å². The maximum absolute atomic E-state index is 11.8. The molecule has 0 spiro atoms. The normalized spacial score (nSPS) is 12.6. The molecule has 0 saturated heterocycles. The van der Waals surface area contributed by atoms with Gasteiger partial charge in [-0.3, -0.25) is 4.79 Å². The second-order valence-electron chi connectivity index (χ2n) is 4.08. The van der Waals surface area contributed by atoms with E-state index in [-0.39, 0.29) is 10.6 Å². The standard InChI is InChI=1S/C12H16N2O5S2/c1-2-3-5-9(12(16)17)14-10(15)8-13-21(18,19)11-6-4-7-20-11/h2,4,6-7,9,13H,1,3,5,8H2,(H,14,15)(H,16,17). The number of amides is 1. The highest BCUT2D eigenvalue weighted by atomic mass is 32.2. The molecule has 0 aliphatic rings. The number of thiophene rings is 1. The van der Waals surface area contributed by atoms with Gasteiger partial charge >= 0.3 is 5.97 Å². The van der Waals surface area contributed by atoms with Gasteiger partial charge in [0.2, 0.25) is 5.91 Å². The highest BCUT2D eigenvalue weighted by molar-refractivity contribution is 7.91. The van der Waals surface area contributed by atoms with Gasteiger partial charge in [-0.2, -0.15) is 0 Å². The van der Waals surface area contributed by atoms with Gasteiger partial charge in [-0.05, 0) is 24.3 Å². The Morgan fingerprint density at radius 2 is 2.19 bits per heavy atom. The number of sulfonamides is 1. The highest BCUT2D eigenvalue weighted by Crippen LogP contribution is 2.14. The lowest BCUT2D eigenvalue weighted by Crippen LogP contribution is -2.45. The average Bonchev–Trinajstić information content (AvgIpc) is 2.96. The maximum Gasteiger partial charge on any atom is 0.326 e. The molecule has 0 aliphatic carbocycles. The third-order valence-corrected chi connectivity index (χ3v) is 5.27. The molecule has 21 heavy (non-hydrogen) atoms. The van der Waals surface area contributed by atoms with Crippen molar-refractivity contribution in [2.24, 2.45) is 0 Å². The Kier molecular flexibility index (Phi) is 6.53. The van der Waals surface area contributed by atoms with Crippen LogP contribution in [0, 0.1) is 0 Å². The summed E-state index contributed by atoms with van der Waals surface area (Å²) in [5.74, 6) is -1.88. The van der Waals surface area contributed by atoms with Crippen LogP contribution in [0.3, 0.4) is 0 Å². The van der Waals surface area contributed by atoms with Crippen LogP contribution in [0.25, 0.3) is 0 Å². The van der Waals surface area contributed by atoms with Crippen LogP contribution in [-0.4, -0.2) is 38.0 Å². The summed E-state index contributed by atoms with van der Waals surface area (Å²) in [7, 11) is -3.74. The molecule has 0 saturated carbocycles. The van der Waals surface area contributed by atoms with Crippen molar-refractivity contribution in [3.05, 3.63) is 30.2 Å². The molecule has 1 heterocycles. The largest absolute Gasteiger partial charge is 0.480 e. The molecule has 0 fully saturated rings. The van der Waals surface area contributed by atoms with Gasteiger partial charge < -0.3 is 10.4 Å². The SMILES string of the molecule is C=CCCC(NC(=O)CNS(=O)(=O)c1cccs1)C(=O)O. The fraction of sp³-hybridized carbons (Fsp3) is 0.333. The van der Waals surface area contributed by atoms with E-state index in [1.807, 2.05) is 0 Å². The average molecular weight is 332 g/mol. The summed E-state index contributed by atoms with van der Waals surface area (Å²) in [6.07, 6.45) is 2.17. The minimum Gasteiger partial charge on any atom is -0.480 e. The Labute approximate surface area is 126 Å². The number of carboxylic acids is 1.